The summed E-state index contributed by atoms with van der Waals surface area (Å²) in [6.45, 7) is 17.9. The summed E-state index contributed by atoms with van der Waals surface area (Å²) < 4.78 is 0. The van der Waals surface area contributed by atoms with Crippen LogP contribution in [0.5, 0.6) is 0 Å². The molecule has 112 valence electrons. The minimum absolute atomic E-state index is 0.440. The van der Waals surface area contributed by atoms with Gasteiger partial charge < -0.3 is 0 Å². The van der Waals surface area contributed by atoms with Crippen molar-refractivity contribution in [2.75, 3.05) is 0 Å². The summed E-state index contributed by atoms with van der Waals surface area (Å²) in [5.74, 6) is 1.66. The van der Waals surface area contributed by atoms with Gasteiger partial charge in [0.25, 0.3) is 0 Å². The second-order valence-corrected chi connectivity index (χ2v) is 7.74. The van der Waals surface area contributed by atoms with Crippen molar-refractivity contribution in [1.82, 2.24) is 0 Å². The van der Waals surface area contributed by atoms with Crippen LogP contribution in [0.1, 0.15) is 66.2 Å². The zero-order valence-electron chi connectivity index (χ0n) is 14.0. The van der Waals surface area contributed by atoms with Crippen molar-refractivity contribution in [3.63, 3.8) is 0 Å². The fourth-order valence-corrected chi connectivity index (χ4v) is 4.86. The quantitative estimate of drug-likeness (QED) is 0.415. The Morgan fingerprint density at radius 2 is 2.10 bits per heavy atom. The molecule has 2 aliphatic carbocycles. The van der Waals surface area contributed by atoms with E-state index in [4.69, 9.17) is 0 Å². The minimum Gasteiger partial charge on any atom is -0.0988 e. The average Bonchev–Trinajstić information content (AvgIpc) is 2.43. The van der Waals surface area contributed by atoms with Gasteiger partial charge in [0.1, 0.15) is 0 Å². The molecule has 0 aromatic carbocycles. The third kappa shape index (κ3) is 2.43. The fraction of sp³-hybridized carbons (Fsp3) is 0.700. The van der Waals surface area contributed by atoms with Gasteiger partial charge in [-0.25, -0.2) is 0 Å². The number of fused-ring (bicyclic) bond motifs is 1. The number of hydrogen-bond acceptors (Lipinski definition) is 0. The van der Waals surface area contributed by atoms with Gasteiger partial charge in [-0.3, -0.25) is 0 Å². The van der Waals surface area contributed by atoms with Crippen molar-refractivity contribution in [2.24, 2.45) is 22.7 Å². The maximum absolute atomic E-state index is 4.12. The van der Waals surface area contributed by atoms with E-state index in [1.165, 1.54) is 37.7 Å². The maximum Gasteiger partial charge on any atom is -0.00854 e. The molecule has 20 heavy (non-hydrogen) atoms. The highest BCUT2D eigenvalue weighted by Crippen LogP contribution is 2.61. The Labute approximate surface area is 126 Å². The largest absolute Gasteiger partial charge is 0.0988 e. The van der Waals surface area contributed by atoms with Crippen molar-refractivity contribution in [3.8, 4) is 0 Å². The highest BCUT2D eigenvalue weighted by molar-refractivity contribution is 5.21. The van der Waals surface area contributed by atoms with Gasteiger partial charge in [0.05, 0.1) is 0 Å². The SMILES string of the molecule is C=CC(=C)CC[C@@]1(C)[C@H](C)CC[C@@]2(C)C(C)=CCC[C@H]12. The first-order chi connectivity index (χ1) is 9.34. The summed E-state index contributed by atoms with van der Waals surface area (Å²) in [6.07, 6.45) is 12.2. The molecular formula is C20H32. The van der Waals surface area contributed by atoms with Crippen LogP contribution >= 0.6 is 0 Å². The molecule has 0 aromatic heterocycles. The van der Waals surface area contributed by atoms with E-state index in [0.29, 0.717) is 10.8 Å². The van der Waals surface area contributed by atoms with Crippen LogP contribution in [0.3, 0.4) is 0 Å². The van der Waals surface area contributed by atoms with E-state index in [9.17, 15) is 0 Å². The fourth-order valence-electron chi connectivity index (χ4n) is 4.86. The first-order valence-electron chi connectivity index (χ1n) is 8.32. The number of allylic oxidation sites excluding steroid dienone is 4. The zero-order chi connectivity index (χ0) is 15.0. The lowest BCUT2D eigenvalue weighted by molar-refractivity contribution is -0.0465. The van der Waals surface area contributed by atoms with Crippen molar-refractivity contribution < 1.29 is 0 Å². The third-order valence-electron chi connectivity index (χ3n) is 6.87. The zero-order valence-corrected chi connectivity index (χ0v) is 14.0. The van der Waals surface area contributed by atoms with E-state index in [2.05, 4.69) is 46.9 Å². The Morgan fingerprint density at radius 1 is 1.40 bits per heavy atom. The molecule has 0 bridgehead atoms. The lowest BCUT2D eigenvalue weighted by Gasteiger charge is -2.58. The molecule has 0 unspecified atom stereocenters. The summed E-state index contributed by atoms with van der Waals surface area (Å²) in [6, 6.07) is 0. The molecule has 2 rings (SSSR count). The average molecular weight is 272 g/mol. The van der Waals surface area contributed by atoms with Gasteiger partial charge >= 0.3 is 0 Å². The van der Waals surface area contributed by atoms with Crippen LogP contribution in [0, 0.1) is 22.7 Å². The Kier molecular flexibility index (Phi) is 4.33. The van der Waals surface area contributed by atoms with Gasteiger partial charge in [-0.2, -0.15) is 0 Å². The van der Waals surface area contributed by atoms with Gasteiger partial charge in [0.2, 0.25) is 0 Å². The van der Waals surface area contributed by atoms with Crippen LogP contribution in [0.4, 0.5) is 0 Å². The van der Waals surface area contributed by atoms with Gasteiger partial charge in [-0.1, -0.05) is 57.2 Å². The van der Waals surface area contributed by atoms with E-state index >= 15 is 0 Å². The molecule has 0 radical (unpaired) electrons. The maximum atomic E-state index is 4.12. The molecule has 0 aliphatic heterocycles. The molecule has 4 atom stereocenters. The minimum atomic E-state index is 0.440. The predicted octanol–water partition coefficient (Wildman–Crippen LogP) is 6.31. The highest BCUT2D eigenvalue weighted by atomic mass is 14.6. The van der Waals surface area contributed by atoms with Crippen LogP contribution in [0.2, 0.25) is 0 Å². The third-order valence-corrected chi connectivity index (χ3v) is 6.87. The Hall–Kier alpha value is -0.780. The standard InChI is InChI=1S/C20H32/c1-7-15(2)11-13-19(5)17(4)12-14-20(6)16(3)9-8-10-18(19)20/h7,9,17-18H,1-2,8,10-14H2,3-6H3/t17-,18-,19+,20+/m1/s1. The predicted molar refractivity (Wildman–Crippen MR) is 89.7 cm³/mol. The van der Waals surface area contributed by atoms with Gasteiger partial charge in [0, 0.05) is 0 Å². The van der Waals surface area contributed by atoms with E-state index in [-0.39, 0.29) is 0 Å². The topological polar surface area (TPSA) is 0 Å². The molecule has 0 saturated heterocycles. The van der Waals surface area contributed by atoms with Crippen LogP contribution in [0.25, 0.3) is 0 Å². The molecule has 0 heteroatoms. The first kappa shape index (κ1) is 15.6. The second-order valence-electron chi connectivity index (χ2n) is 7.74. The Morgan fingerprint density at radius 3 is 2.75 bits per heavy atom. The molecule has 1 fully saturated rings. The summed E-state index contributed by atoms with van der Waals surface area (Å²) in [7, 11) is 0. The smallest absolute Gasteiger partial charge is 0.00854 e. The highest BCUT2D eigenvalue weighted by Gasteiger charge is 2.52. The van der Waals surface area contributed by atoms with Crippen molar-refractivity contribution >= 4 is 0 Å². The molecule has 0 aromatic rings. The van der Waals surface area contributed by atoms with Crippen LogP contribution in [-0.2, 0) is 0 Å². The molecule has 0 spiro atoms. The molecule has 0 N–H and O–H groups in total. The normalized spacial score (nSPS) is 40.7. The summed E-state index contributed by atoms with van der Waals surface area (Å²) in [4.78, 5) is 0. The van der Waals surface area contributed by atoms with Gasteiger partial charge in [0.15, 0.2) is 0 Å². The molecule has 1 saturated carbocycles. The molecular weight excluding hydrogens is 240 g/mol. The van der Waals surface area contributed by atoms with E-state index in [1.807, 2.05) is 6.08 Å². The molecule has 2 aliphatic rings. The second kappa shape index (κ2) is 5.54. The molecule has 0 heterocycles. The van der Waals surface area contributed by atoms with Gasteiger partial charge in [-0.05, 0) is 68.1 Å². The van der Waals surface area contributed by atoms with Crippen LogP contribution in [0.15, 0.2) is 36.5 Å². The summed E-state index contributed by atoms with van der Waals surface area (Å²) in [5.41, 5.74) is 3.74. The number of hydrogen-bond donors (Lipinski definition) is 0. The van der Waals surface area contributed by atoms with E-state index in [0.717, 1.165) is 18.3 Å². The van der Waals surface area contributed by atoms with Crippen molar-refractivity contribution in [3.05, 3.63) is 36.5 Å². The van der Waals surface area contributed by atoms with Crippen LogP contribution < -0.4 is 0 Å². The van der Waals surface area contributed by atoms with Crippen molar-refractivity contribution in [1.29, 1.82) is 0 Å². The molecule has 0 nitrogen and oxygen atoms in total. The molecule has 0 amide bonds. The van der Waals surface area contributed by atoms with E-state index in [1.54, 1.807) is 5.57 Å². The lowest BCUT2D eigenvalue weighted by Crippen LogP contribution is -2.49. The van der Waals surface area contributed by atoms with E-state index < -0.39 is 0 Å². The first-order valence-corrected chi connectivity index (χ1v) is 8.32. The van der Waals surface area contributed by atoms with Crippen LogP contribution in [-0.4, -0.2) is 0 Å². The monoisotopic (exact) mass is 272 g/mol. The number of rotatable bonds is 4. The summed E-state index contributed by atoms with van der Waals surface area (Å²) >= 11 is 0. The Bertz CT molecular complexity index is 427. The summed E-state index contributed by atoms with van der Waals surface area (Å²) in [5, 5.41) is 0. The van der Waals surface area contributed by atoms with Crippen molar-refractivity contribution in [2.45, 2.75) is 66.2 Å². The lowest BCUT2D eigenvalue weighted by atomic mass is 9.47. The Balaban J connectivity index is 2.27. The van der Waals surface area contributed by atoms with Gasteiger partial charge in [-0.15, -0.1) is 0 Å².